The fourth-order valence-electron chi connectivity index (χ4n) is 2.02. The number of benzene rings is 1. The van der Waals surface area contributed by atoms with Crippen molar-refractivity contribution in [3.05, 3.63) is 53.1 Å². The largest absolute Gasteiger partial charge is 0.326 e. The van der Waals surface area contributed by atoms with Crippen molar-refractivity contribution in [1.29, 1.82) is 0 Å². The summed E-state index contributed by atoms with van der Waals surface area (Å²) >= 11 is 0. The molecular weight excluding hydrogens is 217 g/mol. The summed E-state index contributed by atoms with van der Waals surface area (Å²) in [6.45, 7) is 4.57. The van der Waals surface area contributed by atoms with Gasteiger partial charge >= 0.3 is 0 Å². The lowest BCUT2D eigenvalue weighted by Crippen LogP contribution is -2.22. The molecule has 0 amide bonds. The maximum Gasteiger partial charge on any atom is 0.123 e. The van der Waals surface area contributed by atoms with Crippen LogP contribution in [0.5, 0.6) is 0 Å². The summed E-state index contributed by atoms with van der Waals surface area (Å²) in [5.74, 6) is -0.229. The molecule has 0 bridgehead atoms. The van der Waals surface area contributed by atoms with E-state index < -0.39 is 0 Å². The van der Waals surface area contributed by atoms with E-state index in [1.165, 1.54) is 12.1 Å². The first-order chi connectivity index (χ1) is 8.05. The number of H-pyrrole nitrogens is 1. The number of hydrogen-bond donors (Lipinski definition) is 2. The summed E-state index contributed by atoms with van der Waals surface area (Å²) in [6.07, 6.45) is 1.74. The molecule has 2 aromatic rings. The van der Waals surface area contributed by atoms with Gasteiger partial charge in [0.25, 0.3) is 0 Å². The van der Waals surface area contributed by atoms with Crippen LogP contribution in [0.4, 0.5) is 4.39 Å². The zero-order valence-corrected chi connectivity index (χ0v) is 10.00. The van der Waals surface area contributed by atoms with Gasteiger partial charge in [0.05, 0.1) is 6.20 Å². The molecule has 0 aliphatic carbocycles. The van der Waals surface area contributed by atoms with Gasteiger partial charge in [0.2, 0.25) is 0 Å². The molecule has 0 radical (unpaired) electrons. The second kappa shape index (κ2) is 4.30. The SMILES string of the molecule is CC(C)(c1ccc(F)cc1)c1[nH]ncc1CN. The van der Waals surface area contributed by atoms with Gasteiger partial charge < -0.3 is 5.73 Å². The minimum absolute atomic E-state index is 0.229. The number of aromatic nitrogens is 2. The molecule has 2 rings (SSSR count). The molecule has 90 valence electrons. The Kier molecular flexibility index (Phi) is 2.98. The Hall–Kier alpha value is -1.68. The van der Waals surface area contributed by atoms with E-state index in [0.29, 0.717) is 6.54 Å². The van der Waals surface area contributed by atoms with E-state index in [9.17, 15) is 4.39 Å². The topological polar surface area (TPSA) is 54.7 Å². The third-order valence-electron chi connectivity index (χ3n) is 3.13. The summed E-state index contributed by atoms with van der Waals surface area (Å²) in [6, 6.07) is 6.51. The van der Waals surface area contributed by atoms with Crippen LogP contribution >= 0.6 is 0 Å². The molecule has 0 fully saturated rings. The van der Waals surface area contributed by atoms with Crippen LogP contribution in [0.15, 0.2) is 30.5 Å². The van der Waals surface area contributed by atoms with Crippen LogP contribution in [0, 0.1) is 5.82 Å². The first-order valence-electron chi connectivity index (χ1n) is 5.54. The predicted molar refractivity (Wildman–Crippen MR) is 65.0 cm³/mol. The molecule has 3 N–H and O–H groups in total. The number of rotatable bonds is 3. The van der Waals surface area contributed by atoms with E-state index >= 15 is 0 Å². The molecule has 0 saturated carbocycles. The van der Waals surface area contributed by atoms with Gasteiger partial charge in [-0.3, -0.25) is 5.10 Å². The fourth-order valence-corrected chi connectivity index (χ4v) is 2.02. The summed E-state index contributed by atoms with van der Waals surface area (Å²) in [7, 11) is 0. The number of nitrogens with two attached hydrogens (primary N) is 1. The van der Waals surface area contributed by atoms with Crippen LogP contribution < -0.4 is 5.73 Å². The van der Waals surface area contributed by atoms with Gasteiger partial charge in [-0.25, -0.2) is 4.39 Å². The highest BCUT2D eigenvalue weighted by Gasteiger charge is 2.27. The highest BCUT2D eigenvalue weighted by molar-refractivity contribution is 5.37. The lowest BCUT2D eigenvalue weighted by Gasteiger charge is -2.25. The number of halogens is 1. The summed E-state index contributed by atoms with van der Waals surface area (Å²) in [5.41, 5.74) is 8.40. The van der Waals surface area contributed by atoms with Crippen LogP contribution in [0.1, 0.15) is 30.7 Å². The Morgan fingerprint density at radius 1 is 1.29 bits per heavy atom. The summed E-state index contributed by atoms with van der Waals surface area (Å²) < 4.78 is 12.9. The standard InChI is InChI=1S/C13H16FN3/c1-13(2,10-3-5-11(14)6-4-10)12-9(7-15)8-16-17-12/h3-6,8H,7,15H2,1-2H3,(H,16,17). The number of nitrogens with zero attached hydrogens (tertiary/aromatic N) is 1. The van der Waals surface area contributed by atoms with E-state index in [0.717, 1.165) is 16.8 Å². The molecular formula is C13H16FN3. The highest BCUT2D eigenvalue weighted by atomic mass is 19.1. The van der Waals surface area contributed by atoms with Gasteiger partial charge in [0.15, 0.2) is 0 Å². The first-order valence-corrected chi connectivity index (χ1v) is 5.54. The van der Waals surface area contributed by atoms with Gasteiger partial charge in [0.1, 0.15) is 5.82 Å². The minimum Gasteiger partial charge on any atom is -0.326 e. The second-order valence-electron chi connectivity index (χ2n) is 4.61. The van der Waals surface area contributed by atoms with Crippen molar-refractivity contribution in [1.82, 2.24) is 10.2 Å². The van der Waals surface area contributed by atoms with Crippen molar-refractivity contribution in [2.75, 3.05) is 0 Å². The molecule has 4 heteroatoms. The molecule has 0 aliphatic heterocycles. The van der Waals surface area contributed by atoms with E-state index in [1.807, 2.05) is 0 Å². The fraction of sp³-hybridized carbons (Fsp3) is 0.308. The van der Waals surface area contributed by atoms with Gasteiger partial charge in [-0.2, -0.15) is 5.10 Å². The Bertz CT molecular complexity index is 500. The Morgan fingerprint density at radius 2 is 1.94 bits per heavy atom. The Balaban J connectivity index is 2.45. The Labute approximate surface area is 99.9 Å². The lowest BCUT2D eigenvalue weighted by molar-refractivity contribution is 0.596. The normalized spacial score (nSPS) is 11.8. The van der Waals surface area contributed by atoms with Crippen molar-refractivity contribution >= 4 is 0 Å². The monoisotopic (exact) mass is 233 g/mol. The maximum absolute atomic E-state index is 12.9. The van der Waals surface area contributed by atoms with Gasteiger partial charge in [-0.15, -0.1) is 0 Å². The average Bonchev–Trinajstić information content (AvgIpc) is 2.78. The van der Waals surface area contributed by atoms with Crippen molar-refractivity contribution in [3.63, 3.8) is 0 Å². The van der Waals surface area contributed by atoms with Crippen molar-refractivity contribution in [2.24, 2.45) is 5.73 Å². The van der Waals surface area contributed by atoms with E-state index in [-0.39, 0.29) is 11.2 Å². The zero-order chi connectivity index (χ0) is 12.5. The van der Waals surface area contributed by atoms with Crippen molar-refractivity contribution in [2.45, 2.75) is 25.8 Å². The lowest BCUT2D eigenvalue weighted by atomic mass is 9.80. The van der Waals surface area contributed by atoms with Gasteiger partial charge in [-0.1, -0.05) is 26.0 Å². The molecule has 17 heavy (non-hydrogen) atoms. The summed E-state index contributed by atoms with van der Waals surface area (Å²) in [5, 5.41) is 7.01. The highest BCUT2D eigenvalue weighted by Crippen LogP contribution is 2.31. The molecule has 1 heterocycles. The number of hydrogen-bond acceptors (Lipinski definition) is 2. The van der Waals surface area contributed by atoms with E-state index in [1.54, 1.807) is 18.3 Å². The smallest absolute Gasteiger partial charge is 0.123 e. The van der Waals surface area contributed by atoms with Crippen LogP contribution in [0.3, 0.4) is 0 Å². The first kappa shape index (κ1) is 11.8. The second-order valence-corrected chi connectivity index (χ2v) is 4.61. The third-order valence-corrected chi connectivity index (χ3v) is 3.13. The van der Waals surface area contributed by atoms with Crippen LogP contribution in [-0.4, -0.2) is 10.2 Å². The maximum atomic E-state index is 12.9. The predicted octanol–water partition coefficient (Wildman–Crippen LogP) is 2.33. The third kappa shape index (κ3) is 2.08. The van der Waals surface area contributed by atoms with E-state index in [2.05, 4.69) is 24.0 Å². The number of nitrogens with one attached hydrogen (secondary N) is 1. The van der Waals surface area contributed by atoms with Gasteiger partial charge in [-0.05, 0) is 17.7 Å². The average molecular weight is 233 g/mol. The molecule has 1 aromatic carbocycles. The Morgan fingerprint density at radius 3 is 2.53 bits per heavy atom. The quantitative estimate of drug-likeness (QED) is 0.854. The van der Waals surface area contributed by atoms with Crippen molar-refractivity contribution < 1.29 is 4.39 Å². The van der Waals surface area contributed by atoms with Gasteiger partial charge in [0, 0.05) is 23.2 Å². The molecule has 3 nitrogen and oxygen atoms in total. The molecule has 0 atom stereocenters. The zero-order valence-electron chi connectivity index (χ0n) is 10.00. The molecule has 0 aliphatic rings. The number of aromatic amines is 1. The molecule has 0 spiro atoms. The molecule has 0 unspecified atom stereocenters. The minimum atomic E-state index is -0.265. The molecule has 0 saturated heterocycles. The van der Waals surface area contributed by atoms with Crippen molar-refractivity contribution in [3.8, 4) is 0 Å². The summed E-state index contributed by atoms with van der Waals surface area (Å²) in [4.78, 5) is 0. The van der Waals surface area contributed by atoms with Crippen LogP contribution in [0.2, 0.25) is 0 Å². The van der Waals surface area contributed by atoms with E-state index in [4.69, 9.17) is 5.73 Å². The molecule has 1 aromatic heterocycles. The van der Waals surface area contributed by atoms with Crippen LogP contribution in [0.25, 0.3) is 0 Å². The van der Waals surface area contributed by atoms with Crippen LogP contribution in [-0.2, 0) is 12.0 Å².